The predicted octanol–water partition coefficient (Wildman–Crippen LogP) is 4.61. The Morgan fingerprint density at radius 2 is 1.94 bits per heavy atom. The van der Waals surface area contributed by atoms with Crippen LogP contribution in [0.1, 0.15) is 29.8 Å². The van der Waals surface area contributed by atoms with E-state index in [0.717, 1.165) is 23.0 Å². The maximum atomic E-state index is 13.9. The van der Waals surface area contributed by atoms with E-state index in [1.165, 1.54) is 12.1 Å². The second-order valence-electron chi connectivity index (χ2n) is 8.37. The van der Waals surface area contributed by atoms with Gasteiger partial charge in [-0.05, 0) is 55.3 Å². The summed E-state index contributed by atoms with van der Waals surface area (Å²) in [4.78, 5) is 11.7. The second kappa shape index (κ2) is 8.81. The van der Waals surface area contributed by atoms with E-state index < -0.39 is 17.7 Å². The SMILES string of the molecule is COc1cc(/C=C2\O[C@@H](C)CN3C2=NOC[C@@H]3c2cc(F)cc(F)c2)ccc1-n1cnc(C)c1. The van der Waals surface area contributed by atoms with Crippen molar-refractivity contribution >= 4 is 11.9 Å². The molecule has 2 aliphatic heterocycles. The first-order chi connectivity index (χ1) is 16.4. The predicted molar refractivity (Wildman–Crippen MR) is 123 cm³/mol. The second-order valence-corrected chi connectivity index (χ2v) is 8.37. The molecule has 0 amide bonds. The topological polar surface area (TPSA) is 61.1 Å². The highest BCUT2D eigenvalue weighted by molar-refractivity contribution is 6.01. The number of nitrogens with zero attached hydrogens (tertiary/aromatic N) is 4. The first-order valence-electron chi connectivity index (χ1n) is 10.9. The van der Waals surface area contributed by atoms with Crippen molar-refractivity contribution in [3.05, 3.63) is 83.1 Å². The average Bonchev–Trinajstić information content (AvgIpc) is 3.24. The van der Waals surface area contributed by atoms with Gasteiger partial charge in [-0.25, -0.2) is 13.8 Å². The Morgan fingerprint density at radius 3 is 2.65 bits per heavy atom. The highest BCUT2D eigenvalue weighted by Gasteiger charge is 2.37. The van der Waals surface area contributed by atoms with Crippen molar-refractivity contribution in [3.8, 4) is 11.4 Å². The fourth-order valence-corrected chi connectivity index (χ4v) is 4.29. The first kappa shape index (κ1) is 21.9. The van der Waals surface area contributed by atoms with E-state index in [4.69, 9.17) is 14.3 Å². The van der Waals surface area contributed by atoms with E-state index in [0.29, 0.717) is 29.5 Å². The number of aryl methyl sites for hydroxylation is 1. The maximum absolute atomic E-state index is 13.9. The Hall–Kier alpha value is -3.88. The zero-order chi connectivity index (χ0) is 23.8. The molecule has 0 aliphatic carbocycles. The summed E-state index contributed by atoms with van der Waals surface area (Å²) in [6, 6.07) is 8.89. The number of rotatable bonds is 4. The van der Waals surface area contributed by atoms with Gasteiger partial charge in [0, 0.05) is 12.3 Å². The monoisotopic (exact) mass is 466 g/mol. The van der Waals surface area contributed by atoms with Crippen molar-refractivity contribution in [2.24, 2.45) is 5.16 Å². The molecular formula is C25H24F2N4O3. The quantitative estimate of drug-likeness (QED) is 0.562. The lowest BCUT2D eigenvalue weighted by Gasteiger charge is -2.42. The summed E-state index contributed by atoms with van der Waals surface area (Å²) >= 11 is 0. The molecule has 176 valence electrons. The molecule has 0 bridgehead atoms. The lowest BCUT2D eigenvalue weighted by atomic mass is 10.0. The van der Waals surface area contributed by atoms with Crippen molar-refractivity contribution in [2.45, 2.75) is 26.0 Å². The molecule has 3 aromatic rings. The summed E-state index contributed by atoms with van der Waals surface area (Å²) in [5, 5.41) is 4.21. The number of hydrogen-bond donors (Lipinski definition) is 0. The minimum absolute atomic E-state index is 0.167. The molecule has 9 heteroatoms. The third-order valence-electron chi connectivity index (χ3n) is 5.80. The number of ether oxygens (including phenoxy) is 2. The number of hydrogen-bond acceptors (Lipinski definition) is 6. The summed E-state index contributed by atoms with van der Waals surface area (Å²) < 4.78 is 41.4. The lowest BCUT2D eigenvalue weighted by Crippen LogP contribution is -2.49. The fraction of sp³-hybridized carbons (Fsp3) is 0.280. The molecule has 2 aliphatic rings. The van der Waals surface area contributed by atoms with Gasteiger partial charge in [-0.3, -0.25) is 0 Å². The molecule has 5 rings (SSSR count). The van der Waals surface area contributed by atoms with Crippen molar-refractivity contribution in [1.82, 2.24) is 14.5 Å². The normalized spacial score (nSPS) is 20.9. The number of fused-ring (bicyclic) bond motifs is 1. The van der Waals surface area contributed by atoms with Crippen LogP contribution in [0, 0.1) is 18.6 Å². The van der Waals surface area contributed by atoms with Gasteiger partial charge in [-0.1, -0.05) is 11.2 Å². The van der Waals surface area contributed by atoms with Crippen molar-refractivity contribution < 1.29 is 23.1 Å². The molecule has 0 spiro atoms. The highest BCUT2D eigenvalue weighted by Crippen LogP contribution is 2.33. The molecule has 7 nitrogen and oxygen atoms in total. The standard InChI is InChI=1S/C25H24F2N4O3/c1-15-11-30(14-28-15)21-5-4-17(6-23(21)32-3)7-24-25-29-33-13-22(31(25)12-16(2)34-24)18-8-19(26)10-20(27)9-18/h4-11,14,16,22H,12-13H2,1-3H3/b24-7-/t16-,22+/m0/s1. The Bertz CT molecular complexity index is 1270. The van der Waals surface area contributed by atoms with Gasteiger partial charge in [-0.15, -0.1) is 0 Å². The zero-order valence-electron chi connectivity index (χ0n) is 19.0. The number of aromatic nitrogens is 2. The maximum Gasteiger partial charge on any atom is 0.211 e. The van der Waals surface area contributed by atoms with Crippen LogP contribution >= 0.6 is 0 Å². The van der Waals surface area contributed by atoms with Crippen LogP contribution in [-0.2, 0) is 9.57 Å². The number of amidine groups is 1. The minimum atomic E-state index is -0.628. The summed E-state index contributed by atoms with van der Waals surface area (Å²) in [6.45, 7) is 4.55. The van der Waals surface area contributed by atoms with Crippen molar-refractivity contribution in [1.29, 1.82) is 0 Å². The summed E-state index contributed by atoms with van der Waals surface area (Å²) in [5.74, 6) is 0.399. The van der Waals surface area contributed by atoms with Crippen LogP contribution in [0.15, 0.2) is 59.8 Å². The largest absolute Gasteiger partial charge is 0.495 e. The average molecular weight is 466 g/mol. The number of benzene rings is 2. The van der Waals surface area contributed by atoms with E-state index in [1.54, 1.807) is 13.4 Å². The van der Waals surface area contributed by atoms with E-state index in [-0.39, 0.29) is 12.7 Å². The van der Waals surface area contributed by atoms with Crippen LogP contribution in [0.3, 0.4) is 0 Å². The van der Waals surface area contributed by atoms with E-state index in [2.05, 4.69) is 10.1 Å². The summed E-state index contributed by atoms with van der Waals surface area (Å²) in [5.41, 5.74) is 3.08. The van der Waals surface area contributed by atoms with Gasteiger partial charge < -0.3 is 23.8 Å². The number of halogens is 2. The molecule has 2 aromatic carbocycles. The number of methoxy groups -OCH3 is 1. The van der Waals surface area contributed by atoms with Crippen LogP contribution in [-0.4, -0.2) is 46.7 Å². The van der Waals surface area contributed by atoms with E-state index >= 15 is 0 Å². The molecule has 34 heavy (non-hydrogen) atoms. The minimum Gasteiger partial charge on any atom is -0.495 e. The van der Waals surface area contributed by atoms with Gasteiger partial charge in [0.15, 0.2) is 5.76 Å². The van der Waals surface area contributed by atoms with E-state index in [9.17, 15) is 8.78 Å². The van der Waals surface area contributed by atoms with Gasteiger partial charge in [0.05, 0.1) is 37.4 Å². The van der Waals surface area contributed by atoms with E-state index in [1.807, 2.05) is 53.8 Å². The van der Waals surface area contributed by atoms with Gasteiger partial charge >= 0.3 is 0 Å². The van der Waals surface area contributed by atoms with Gasteiger partial charge in [0.2, 0.25) is 5.84 Å². The van der Waals surface area contributed by atoms with Crippen molar-refractivity contribution in [3.63, 3.8) is 0 Å². The zero-order valence-corrected chi connectivity index (χ0v) is 19.0. The molecule has 2 atom stereocenters. The summed E-state index contributed by atoms with van der Waals surface area (Å²) in [7, 11) is 1.61. The number of imidazole rings is 1. The van der Waals surface area contributed by atoms with Crippen molar-refractivity contribution in [2.75, 3.05) is 20.3 Å². The van der Waals surface area contributed by atoms with Gasteiger partial charge in [0.1, 0.15) is 30.1 Å². The van der Waals surface area contributed by atoms with Gasteiger partial charge in [0.25, 0.3) is 0 Å². The van der Waals surface area contributed by atoms with Crippen LogP contribution < -0.4 is 4.74 Å². The molecule has 3 heterocycles. The number of oxime groups is 1. The molecule has 1 fully saturated rings. The highest BCUT2D eigenvalue weighted by atomic mass is 19.1. The molecule has 0 unspecified atom stereocenters. The van der Waals surface area contributed by atoms with Gasteiger partial charge in [-0.2, -0.15) is 0 Å². The molecule has 0 saturated carbocycles. The Labute approximate surface area is 195 Å². The summed E-state index contributed by atoms with van der Waals surface area (Å²) in [6.07, 6.45) is 5.34. The third-order valence-corrected chi connectivity index (χ3v) is 5.80. The molecule has 1 aromatic heterocycles. The molecular weight excluding hydrogens is 442 g/mol. The number of morpholine rings is 1. The first-order valence-corrected chi connectivity index (χ1v) is 10.9. The van der Waals surface area contributed by atoms with Crippen LogP contribution in [0.4, 0.5) is 8.78 Å². The van der Waals surface area contributed by atoms with Crippen LogP contribution in [0.25, 0.3) is 11.8 Å². The fourth-order valence-electron chi connectivity index (χ4n) is 4.29. The third kappa shape index (κ3) is 4.21. The molecule has 0 N–H and O–H groups in total. The molecule has 1 saturated heterocycles. The van der Waals surface area contributed by atoms with Crippen LogP contribution in [0.5, 0.6) is 5.75 Å². The smallest absolute Gasteiger partial charge is 0.211 e. The Kier molecular flexibility index (Phi) is 5.69. The Morgan fingerprint density at radius 1 is 1.15 bits per heavy atom. The van der Waals surface area contributed by atoms with Crippen LogP contribution in [0.2, 0.25) is 0 Å². The lowest BCUT2D eigenvalue weighted by molar-refractivity contribution is 0.0121. The Balaban J connectivity index is 1.49. The molecule has 0 radical (unpaired) electrons.